The zero-order valence-electron chi connectivity index (χ0n) is 9.41. The number of hydrogen-bond acceptors (Lipinski definition) is 4. The molecule has 5 heteroatoms. The van der Waals surface area contributed by atoms with Gasteiger partial charge in [-0.05, 0) is 20.8 Å². The van der Waals surface area contributed by atoms with Gasteiger partial charge in [-0.25, -0.2) is 0 Å². The second-order valence-corrected chi connectivity index (χ2v) is 3.24. The molecule has 15 heavy (non-hydrogen) atoms. The normalized spacial score (nSPS) is 10.1. The predicted octanol–water partition coefficient (Wildman–Crippen LogP) is 1.26. The molecule has 0 unspecified atom stereocenters. The molecule has 84 valence electrons. The van der Waals surface area contributed by atoms with Crippen LogP contribution in [0.3, 0.4) is 0 Å². The minimum absolute atomic E-state index is 0.0700. The number of nitrogens with one attached hydrogen (secondary N) is 1. The summed E-state index contributed by atoms with van der Waals surface area (Å²) in [6.45, 7) is 7.45. The number of amides is 1. The Hall–Kier alpha value is -1.52. The number of carbonyl (C=O) groups is 1. The molecule has 0 aliphatic rings. The van der Waals surface area contributed by atoms with E-state index in [0.717, 1.165) is 18.8 Å². The van der Waals surface area contributed by atoms with Gasteiger partial charge in [-0.15, -0.1) is 0 Å². The lowest BCUT2D eigenvalue weighted by molar-refractivity contribution is -0.128. The minimum atomic E-state index is 0.0700. The van der Waals surface area contributed by atoms with Gasteiger partial charge in [0.05, 0.1) is 6.54 Å². The van der Waals surface area contributed by atoms with Crippen molar-refractivity contribution in [3.05, 3.63) is 11.8 Å². The largest absolute Gasteiger partial charge is 0.360 e. The molecule has 1 aromatic heterocycles. The molecule has 0 aromatic carbocycles. The van der Waals surface area contributed by atoms with E-state index in [9.17, 15) is 4.79 Å². The SMILES string of the molecule is CCN(CC)C(=O)CNc1cc(C)on1. The smallest absolute Gasteiger partial charge is 0.241 e. The Labute approximate surface area is 89.4 Å². The van der Waals surface area contributed by atoms with Crippen LogP contribution >= 0.6 is 0 Å². The third-order valence-corrected chi connectivity index (χ3v) is 2.16. The number of rotatable bonds is 5. The summed E-state index contributed by atoms with van der Waals surface area (Å²) in [5.74, 6) is 1.40. The van der Waals surface area contributed by atoms with E-state index in [1.165, 1.54) is 0 Å². The maximum absolute atomic E-state index is 11.6. The highest BCUT2D eigenvalue weighted by molar-refractivity contribution is 5.80. The average molecular weight is 211 g/mol. The van der Waals surface area contributed by atoms with Gasteiger partial charge in [0.2, 0.25) is 5.91 Å². The van der Waals surface area contributed by atoms with E-state index in [4.69, 9.17) is 4.52 Å². The Morgan fingerprint density at radius 2 is 2.20 bits per heavy atom. The van der Waals surface area contributed by atoms with Crippen molar-refractivity contribution in [1.82, 2.24) is 10.1 Å². The number of nitrogens with zero attached hydrogens (tertiary/aromatic N) is 2. The van der Waals surface area contributed by atoms with E-state index in [1.807, 2.05) is 20.8 Å². The van der Waals surface area contributed by atoms with Gasteiger partial charge in [0.15, 0.2) is 5.82 Å². The summed E-state index contributed by atoms with van der Waals surface area (Å²) >= 11 is 0. The fourth-order valence-corrected chi connectivity index (χ4v) is 1.30. The first-order valence-corrected chi connectivity index (χ1v) is 5.12. The highest BCUT2D eigenvalue weighted by atomic mass is 16.5. The van der Waals surface area contributed by atoms with Gasteiger partial charge in [0.25, 0.3) is 0 Å². The van der Waals surface area contributed by atoms with E-state index in [2.05, 4.69) is 10.5 Å². The van der Waals surface area contributed by atoms with Crippen molar-refractivity contribution in [3.63, 3.8) is 0 Å². The fourth-order valence-electron chi connectivity index (χ4n) is 1.30. The van der Waals surface area contributed by atoms with Crippen molar-refractivity contribution in [2.24, 2.45) is 0 Å². The van der Waals surface area contributed by atoms with Crippen molar-refractivity contribution in [2.45, 2.75) is 20.8 Å². The monoisotopic (exact) mass is 211 g/mol. The third-order valence-electron chi connectivity index (χ3n) is 2.16. The Morgan fingerprint density at radius 3 is 2.67 bits per heavy atom. The predicted molar refractivity (Wildman–Crippen MR) is 57.7 cm³/mol. The first-order valence-electron chi connectivity index (χ1n) is 5.12. The Bertz CT molecular complexity index is 318. The number of aryl methyl sites for hydroxylation is 1. The summed E-state index contributed by atoms with van der Waals surface area (Å²) in [5.41, 5.74) is 0. The van der Waals surface area contributed by atoms with Crippen LogP contribution in [-0.2, 0) is 4.79 Å². The lowest BCUT2D eigenvalue weighted by atomic mass is 10.4. The summed E-state index contributed by atoms with van der Waals surface area (Å²) in [6.07, 6.45) is 0. The standard InChI is InChI=1S/C10H17N3O2/c1-4-13(5-2)10(14)7-11-9-6-8(3)15-12-9/h6H,4-5,7H2,1-3H3,(H,11,12). The second kappa shape index (κ2) is 5.38. The number of likely N-dealkylation sites (N-methyl/N-ethyl adjacent to an activating group) is 1. The van der Waals surface area contributed by atoms with Crippen LogP contribution in [0.4, 0.5) is 5.82 Å². The highest BCUT2D eigenvalue weighted by Gasteiger charge is 2.09. The third kappa shape index (κ3) is 3.27. The molecule has 0 aliphatic heterocycles. The van der Waals surface area contributed by atoms with Crippen LogP contribution in [0.15, 0.2) is 10.6 Å². The molecule has 0 fully saturated rings. The maximum atomic E-state index is 11.6. The molecule has 1 amide bonds. The summed E-state index contributed by atoms with van der Waals surface area (Å²) in [4.78, 5) is 13.4. The molecule has 0 aliphatic carbocycles. The lowest BCUT2D eigenvalue weighted by Gasteiger charge is -2.18. The molecule has 0 saturated carbocycles. The van der Waals surface area contributed by atoms with E-state index in [0.29, 0.717) is 5.82 Å². The summed E-state index contributed by atoms with van der Waals surface area (Å²) in [5, 5.41) is 6.66. The summed E-state index contributed by atoms with van der Waals surface area (Å²) < 4.78 is 4.87. The molecular formula is C10H17N3O2. The Kier molecular flexibility index (Phi) is 4.15. The van der Waals surface area contributed by atoms with Crippen LogP contribution in [-0.4, -0.2) is 35.6 Å². The second-order valence-electron chi connectivity index (χ2n) is 3.24. The van der Waals surface area contributed by atoms with Crippen LogP contribution in [0.2, 0.25) is 0 Å². The Morgan fingerprint density at radius 1 is 1.53 bits per heavy atom. The number of hydrogen-bond donors (Lipinski definition) is 1. The zero-order valence-corrected chi connectivity index (χ0v) is 9.41. The molecular weight excluding hydrogens is 194 g/mol. The molecule has 0 atom stereocenters. The summed E-state index contributed by atoms with van der Waals surface area (Å²) in [7, 11) is 0. The quantitative estimate of drug-likeness (QED) is 0.796. The fraction of sp³-hybridized carbons (Fsp3) is 0.600. The van der Waals surface area contributed by atoms with Gasteiger partial charge in [-0.2, -0.15) is 0 Å². The van der Waals surface area contributed by atoms with Gasteiger partial charge >= 0.3 is 0 Å². The van der Waals surface area contributed by atoms with Gasteiger partial charge in [-0.3, -0.25) is 4.79 Å². The van der Waals surface area contributed by atoms with E-state index < -0.39 is 0 Å². The van der Waals surface area contributed by atoms with Crippen molar-refractivity contribution < 1.29 is 9.32 Å². The van der Waals surface area contributed by atoms with E-state index >= 15 is 0 Å². The van der Waals surface area contributed by atoms with Crippen LogP contribution < -0.4 is 5.32 Å². The van der Waals surface area contributed by atoms with E-state index in [-0.39, 0.29) is 12.5 Å². The van der Waals surface area contributed by atoms with Crippen molar-refractivity contribution in [2.75, 3.05) is 25.0 Å². The minimum Gasteiger partial charge on any atom is -0.360 e. The molecule has 0 bridgehead atoms. The molecule has 0 radical (unpaired) electrons. The van der Waals surface area contributed by atoms with Crippen molar-refractivity contribution >= 4 is 11.7 Å². The molecule has 1 N–H and O–H groups in total. The molecule has 1 aromatic rings. The lowest BCUT2D eigenvalue weighted by Crippen LogP contribution is -2.35. The molecule has 1 heterocycles. The Balaban J connectivity index is 2.40. The molecule has 0 saturated heterocycles. The van der Waals surface area contributed by atoms with Gasteiger partial charge in [-0.1, -0.05) is 5.16 Å². The van der Waals surface area contributed by atoms with E-state index in [1.54, 1.807) is 11.0 Å². The number of carbonyl (C=O) groups excluding carboxylic acids is 1. The van der Waals surface area contributed by atoms with Crippen LogP contribution in [0.5, 0.6) is 0 Å². The van der Waals surface area contributed by atoms with Crippen molar-refractivity contribution in [1.29, 1.82) is 0 Å². The topological polar surface area (TPSA) is 58.4 Å². The van der Waals surface area contributed by atoms with Crippen LogP contribution in [0, 0.1) is 6.92 Å². The average Bonchev–Trinajstić information content (AvgIpc) is 2.63. The highest BCUT2D eigenvalue weighted by Crippen LogP contribution is 2.06. The molecule has 1 rings (SSSR count). The maximum Gasteiger partial charge on any atom is 0.241 e. The molecule has 0 spiro atoms. The van der Waals surface area contributed by atoms with Crippen LogP contribution in [0.1, 0.15) is 19.6 Å². The first kappa shape index (κ1) is 11.6. The van der Waals surface area contributed by atoms with Gasteiger partial charge < -0.3 is 14.7 Å². The first-order chi connectivity index (χ1) is 7.17. The van der Waals surface area contributed by atoms with Gasteiger partial charge in [0, 0.05) is 19.2 Å². The number of anilines is 1. The van der Waals surface area contributed by atoms with Crippen LogP contribution in [0.25, 0.3) is 0 Å². The number of aromatic nitrogens is 1. The van der Waals surface area contributed by atoms with Gasteiger partial charge in [0.1, 0.15) is 5.76 Å². The van der Waals surface area contributed by atoms with Crippen molar-refractivity contribution in [3.8, 4) is 0 Å². The summed E-state index contributed by atoms with van der Waals surface area (Å²) in [6, 6.07) is 1.76. The zero-order chi connectivity index (χ0) is 11.3. The molecule has 5 nitrogen and oxygen atoms in total.